The van der Waals surface area contributed by atoms with Gasteiger partial charge < -0.3 is 5.73 Å². The lowest BCUT2D eigenvalue weighted by molar-refractivity contribution is -0.141. The molecule has 7 heteroatoms. The molecular formula is C6H6F3N3O. The van der Waals surface area contributed by atoms with E-state index in [0.717, 1.165) is 16.9 Å². The summed E-state index contributed by atoms with van der Waals surface area (Å²) in [5.74, 6) is -0.739. The third kappa shape index (κ3) is 2.46. The largest absolute Gasteiger partial charge is 0.435 e. The Morgan fingerprint density at radius 3 is 2.62 bits per heavy atom. The van der Waals surface area contributed by atoms with Gasteiger partial charge in [0.2, 0.25) is 5.91 Å². The van der Waals surface area contributed by atoms with Crippen LogP contribution in [0.25, 0.3) is 0 Å². The normalized spacial score (nSPS) is 11.6. The van der Waals surface area contributed by atoms with Crippen LogP contribution in [0, 0.1) is 0 Å². The van der Waals surface area contributed by atoms with Crippen LogP contribution in [0.1, 0.15) is 5.69 Å². The number of carbonyl (C=O) groups is 1. The van der Waals surface area contributed by atoms with Crippen LogP contribution in [0.15, 0.2) is 12.3 Å². The number of hydrogen-bond acceptors (Lipinski definition) is 2. The van der Waals surface area contributed by atoms with E-state index in [1.807, 2.05) is 0 Å². The lowest BCUT2D eigenvalue weighted by atomic mass is 10.4. The quantitative estimate of drug-likeness (QED) is 0.738. The molecule has 1 aromatic rings. The molecular weight excluding hydrogens is 187 g/mol. The highest BCUT2D eigenvalue weighted by Crippen LogP contribution is 2.26. The predicted octanol–water partition coefficient (Wildman–Crippen LogP) is 0.387. The zero-order valence-electron chi connectivity index (χ0n) is 6.38. The van der Waals surface area contributed by atoms with Crippen molar-refractivity contribution in [3.8, 4) is 0 Å². The second kappa shape index (κ2) is 3.08. The molecule has 0 spiro atoms. The number of nitrogens with two attached hydrogens (primary N) is 1. The number of hydrogen-bond donors (Lipinski definition) is 1. The number of amides is 1. The van der Waals surface area contributed by atoms with Gasteiger partial charge in [-0.3, -0.25) is 9.48 Å². The molecule has 0 fully saturated rings. The van der Waals surface area contributed by atoms with Crippen molar-refractivity contribution >= 4 is 5.91 Å². The second-order valence-corrected chi connectivity index (χ2v) is 2.36. The number of rotatable bonds is 2. The maximum absolute atomic E-state index is 11.9. The highest BCUT2D eigenvalue weighted by Gasteiger charge is 2.33. The summed E-state index contributed by atoms with van der Waals surface area (Å²) in [6.07, 6.45) is -3.43. The van der Waals surface area contributed by atoms with Crippen LogP contribution in [0.2, 0.25) is 0 Å². The van der Waals surface area contributed by atoms with Crippen LogP contribution in [0.4, 0.5) is 13.2 Å². The minimum Gasteiger partial charge on any atom is -0.368 e. The first kappa shape index (κ1) is 9.56. The zero-order chi connectivity index (χ0) is 10.1. The molecule has 0 saturated heterocycles. The Morgan fingerprint density at radius 1 is 1.62 bits per heavy atom. The maximum Gasteiger partial charge on any atom is 0.435 e. The standard InChI is InChI=1S/C6H6F3N3O/c7-6(8,9)4-1-2-12(11-4)3-5(10)13/h1-2H,3H2,(H2,10,13). The fourth-order valence-corrected chi connectivity index (χ4v) is 0.761. The van der Waals surface area contributed by atoms with Crippen molar-refractivity contribution in [2.24, 2.45) is 5.73 Å². The highest BCUT2D eigenvalue weighted by molar-refractivity contribution is 5.73. The molecule has 0 unspecified atom stereocenters. The van der Waals surface area contributed by atoms with Crippen molar-refractivity contribution in [3.05, 3.63) is 18.0 Å². The first-order chi connectivity index (χ1) is 5.89. The van der Waals surface area contributed by atoms with E-state index in [-0.39, 0.29) is 6.54 Å². The molecule has 0 aromatic carbocycles. The van der Waals surface area contributed by atoms with Gasteiger partial charge in [0.25, 0.3) is 0 Å². The molecule has 0 aliphatic heterocycles. The number of carbonyl (C=O) groups excluding carboxylic acids is 1. The van der Waals surface area contributed by atoms with Gasteiger partial charge >= 0.3 is 6.18 Å². The second-order valence-electron chi connectivity index (χ2n) is 2.36. The van der Waals surface area contributed by atoms with Gasteiger partial charge in [-0.25, -0.2) is 0 Å². The SMILES string of the molecule is NC(=O)Cn1ccc(C(F)(F)F)n1. The Labute approximate surface area is 71.1 Å². The summed E-state index contributed by atoms with van der Waals surface area (Å²) < 4.78 is 36.7. The van der Waals surface area contributed by atoms with Crippen molar-refractivity contribution in [2.75, 3.05) is 0 Å². The monoisotopic (exact) mass is 193 g/mol. The Kier molecular flexibility index (Phi) is 2.26. The molecule has 1 aromatic heterocycles. The molecule has 0 aliphatic rings. The van der Waals surface area contributed by atoms with Crippen molar-refractivity contribution < 1.29 is 18.0 Å². The number of alkyl halides is 3. The summed E-state index contributed by atoms with van der Waals surface area (Å²) in [4.78, 5) is 10.3. The van der Waals surface area contributed by atoms with E-state index in [9.17, 15) is 18.0 Å². The average molecular weight is 193 g/mol. The summed E-state index contributed by atoms with van der Waals surface area (Å²) in [7, 11) is 0. The lowest BCUT2D eigenvalue weighted by Crippen LogP contribution is -2.19. The van der Waals surface area contributed by atoms with Crippen LogP contribution in [-0.4, -0.2) is 15.7 Å². The van der Waals surface area contributed by atoms with Crippen LogP contribution >= 0.6 is 0 Å². The van der Waals surface area contributed by atoms with E-state index in [4.69, 9.17) is 5.73 Å². The highest BCUT2D eigenvalue weighted by atomic mass is 19.4. The summed E-state index contributed by atoms with van der Waals surface area (Å²) in [5, 5.41) is 3.11. The van der Waals surface area contributed by atoms with Crippen LogP contribution < -0.4 is 5.73 Å². The summed E-state index contributed by atoms with van der Waals surface area (Å²) in [6.45, 7) is -0.351. The first-order valence-electron chi connectivity index (χ1n) is 3.28. The molecule has 13 heavy (non-hydrogen) atoms. The molecule has 0 radical (unpaired) electrons. The molecule has 72 valence electrons. The van der Waals surface area contributed by atoms with Gasteiger partial charge in [-0.2, -0.15) is 18.3 Å². The van der Waals surface area contributed by atoms with Gasteiger partial charge in [0.05, 0.1) is 0 Å². The fourth-order valence-electron chi connectivity index (χ4n) is 0.761. The van der Waals surface area contributed by atoms with Crippen molar-refractivity contribution in [3.63, 3.8) is 0 Å². The lowest BCUT2D eigenvalue weighted by Gasteiger charge is -2.00. The van der Waals surface area contributed by atoms with E-state index in [1.165, 1.54) is 0 Å². The van der Waals surface area contributed by atoms with E-state index in [2.05, 4.69) is 5.10 Å². The molecule has 2 N–H and O–H groups in total. The summed E-state index contributed by atoms with van der Waals surface area (Å²) in [5.41, 5.74) is 3.73. The van der Waals surface area contributed by atoms with Gasteiger partial charge in [-0.05, 0) is 6.07 Å². The first-order valence-corrected chi connectivity index (χ1v) is 3.28. The van der Waals surface area contributed by atoms with Crippen molar-refractivity contribution in [2.45, 2.75) is 12.7 Å². The van der Waals surface area contributed by atoms with E-state index in [0.29, 0.717) is 0 Å². The van der Waals surface area contributed by atoms with Crippen LogP contribution in [-0.2, 0) is 17.5 Å². The minimum atomic E-state index is -4.48. The molecule has 1 amide bonds. The molecule has 0 aliphatic carbocycles. The molecule has 1 heterocycles. The fraction of sp³-hybridized carbons (Fsp3) is 0.333. The van der Waals surface area contributed by atoms with Crippen LogP contribution in [0.5, 0.6) is 0 Å². The number of primary amides is 1. The molecule has 0 atom stereocenters. The molecule has 0 bridgehead atoms. The average Bonchev–Trinajstić information content (AvgIpc) is 2.32. The topological polar surface area (TPSA) is 60.9 Å². The number of nitrogens with zero attached hydrogens (tertiary/aromatic N) is 2. The summed E-state index contributed by atoms with van der Waals surface area (Å²) >= 11 is 0. The van der Waals surface area contributed by atoms with Gasteiger partial charge in [0.15, 0.2) is 5.69 Å². The van der Waals surface area contributed by atoms with E-state index < -0.39 is 17.8 Å². The van der Waals surface area contributed by atoms with Gasteiger partial charge in [0, 0.05) is 6.20 Å². The smallest absolute Gasteiger partial charge is 0.368 e. The Balaban J connectivity index is 2.81. The maximum atomic E-state index is 11.9. The zero-order valence-corrected chi connectivity index (χ0v) is 6.38. The van der Waals surface area contributed by atoms with Crippen molar-refractivity contribution in [1.29, 1.82) is 0 Å². The minimum absolute atomic E-state index is 0.351. The van der Waals surface area contributed by atoms with E-state index in [1.54, 1.807) is 0 Å². The number of aromatic nitrogens is 2. The third-order valence-corrected chi connectivity index (χ3v) is 1.25. The Hall–Kier alpha value is -1.53. The Morgan fingerprint density at radius 2 is 2.23 bits per heavy atom. The van der Waals surface area contributed by atoms with Gasteiger partial charge in [-0.1, -0.05) is 0 Å². The molecule has 4 nitrogen and oxygen atoms in total. The van der Waals surface area contributed by atoms with Gasteiger partial charge in [0.1, 0.15) is 6.54 Å². The third-order valence-electron chi connectivity index (χ3n) is 1.25. The van der Waals surface area contributed by atoms with E-state index >= 15 is 0 Å². The van der Waals surface area contributed by atoms with Crippen LogP contribution in [0.3, 0.4) is 0 Å². The number of halogens is 3. The summed E-state index contributed by atoms with van der Waals surface area (Å²) in [6, 6.07) is 0.781. The Bertz CT molecular complexity index is 317. The van der Waals surface area contributed by atoms with Crippen molar-refractivity contribution in [1.82, 2.24) is 9.78 Å². The molecule has 0 saturated carbocycles. The predicted molar refractivity (Wildman–Crippen MR) is 36.4 cm³/mol. The molecule has 1 rings (SSSR count). The van der Waals surface area contributed by atoms with Gasteiger partial charge in [-0.15, -0.1) is 0 Å².